The Labute approximate surface area is 204 Å². The molecular weight excluding hydrogens is 449 g/mol. The van der Waals surface area contributed by atoms with Gasteiger partial charge in [-0.15, -0.1) is 11.3 Å². The van der Waals surface area contributed by atoms with E-state index in [1.165, 1.54) is 16.5 Å². The van der Waals surface area contributed by atoms with Gasteiger partial charge in [0.25, 0.3) is 5.91 Å². The molecule has 3 heterocycles. The smallest absolute Gasteiger partial charge is 0.253 e. The molecule has 2 aromatic carbocycles. The zero-order valence-electron chi connectivity index (χ0n) is 19.3. The summed E-state index contributed by atoms with van der Waals surface area (Å²) in [4.78, 5) is 22.0. The van der Waals surface area contributed by atoms with Crippen molar-refractivity contribution in [2.75, 3.05) is 52.5 Å². The van der Waals surface area contributed by atoms with Crippen molar-refractivity contribution in [2.24, 2.45) is 0 Å². The van der Waals surface area contributed by atoms with E-state index in [1.54, 1.807) is 17.4 Å². The molecule has 2 aliphatic rings. The first-order valence-corrected chi connectivity index (χ1v) is 12.7. The Morgan fingerprint density at radius 3 is 2.41 bits per heavy atom. The Morgan fingerprint density at radius 1 is 0.853 bits per heavy atom. The van der Waals surface area contributed by atoms with Gasteiger partial charge in [0, 0.05) is 73.2 Å². The molecule has 1 amide bonds. The van der Waals surface area contributed by atoms with Crippen molar-refractivity contribution in [2.45, 2.75) is 13.1 Å². The SMILES string of the molecule is O=C(c1cccc(CN2CCOCC2)c1)N1CCN(Cc2ccc(-c3ccccc3F)s2)CC1. The highest BCUT2D eigenvalue weighted by molar-refractivity contribution is 7.15. The molecule has 0 unspecified atom stereocenters. The molecule has 178 valence electrons. The Hall–Kier alpha value is -2.58. The number of carbonyl (C=O) groups is 1. The maximum atomic E-state index is 14.1. The normalized spacial score (nSPS) is 17.7. The van der Waals surface area contributed by atoms with E-state index in [0.29, 0.717) is 5.56 Å². The third-order valence-electron chi connectivity index (χ3n) is 6.52. The van der Waals surface area contributed by atoms with E-state index in [9.17, 15) is 9.18 Å². The summed E-state index contributed by atoms with van der Waals surface area (Å²) >= 11 is 1.64. The summed E-state index contributed by atoms with van der Waals surface area (Å²) in [5.41, 5.74) is 2.60. The Kier molecular flexibility index (Phi) is 7.35. The third kappa shape index (κ3) is 5.55. The van der Waals surface area contributed by atoms with Crippen LogP contribution in [0.5, 0.6) is 0 Å². The summed E-state index contributed by atoms with van der Waals surface area (Å²) in [7, 11) is 0. The van der Waals surface area contributed by atoms with Crippen LogP contribution in [0.3, 0.4) is 0 Å². The van der Waals surface area contributed by atoms with Crippen LogP contribution in [0.1, 0.15) is 20.8 Å². The van der Waals surface area contributed by atoms with Crippen molar-refractivity contribution in [3.63, 3.8) is 0 Å². The van der Waals surface area contributed by atoms with Gasteiger partial charge >= 0.3 is 0 Å². The lowest BCUT2D eigenvalue weighted by Gasteiger charge is -2.34. The summed E-state index contributed by atoms with van der Waals surface area (Å²) in [5.74, 6) is -0.0709. The van der Waals surface area contributed by atoms with Crippen LogP contribution in [0.15, 0.2) is 60.7 Å². The summed E-state index contributed by atoms with van der Waals surface area (Å²) in [6, 6.07) is 19.1. The molecule has 2 aliphatic heterocycles. The lowest BCUT2D eigenvalue weighted by molar-refractivity contribution is 0.0341. The average Bonchev–Trinajstić information content (AvgIpc) is 3.33. The lowest BCUT2D eigenvalue weighted by Crippen LogP contribution is -2.48. The maximum absolute atomic E-state index is 14.1. The second-order valence-corrected chi connectivity index (χ2v) is 10.1. The predicted octanol–water partition coefficient (Wildman–Crippen LogP) is 4.34. The summed E-state index contributed by atoms with van der Waals surface area (Å²) in [6.07, 6.45) is 0. The van der Waals surface area contributed by atoms with Gasteiger partial charge in [-0.05, 0) is 35.9 Å². The lowest BCUT2D eigenvalue weighted by atomic mass is 10.1. The number of benzene rings is 2. The van der Waals surface area contributed by atoms with Crippen molar-refractivity contribution < 1.29 is 13.9 Å². The minimum absolute atomic E-state index is 0.112. The fraction of sp³-hybridized carbons (Fsp3) is 0.370. The number of carbonyl (C=O) groups excluding carboxylic acids is 1. The maximum Gasteiger partial charge on any atom is 0.253 e. The number of halogens is 1. The number of amides is 1. The zero-order chi connectivity index (χ0) is 23.3. The van der Waals surface area contributed by atoms with Gasteiger partial charge in [0.1, 0.15) is 5.82 Å². The quantitative estimate of drug-likeness (QED) is 0.527. The number of hydrogen-bond donors (Lipinski definition) is 0. The molecule has 0 bridgehead atoms. The predicted molar refractivity (Wildman–Crippen MR) is 133 cm³/mol. The molecule has 0 N–H and O–H groups in total. The first-order valence-electron chi connectivity index (χ1n) is 11.9. The van der Waals surface area contributed by atoms with E-state index < -0.39 is 0 Å². The number of rotatable bonds is 6. The highest BCUT2D eigenvalue weighted by Gasteiger charge is 2.23. The van der Waals surface area contributed by atoms with Gasteiger partial charge in [0.2, 0.25) is 0 Å². The molecule has 5 nitrogen and oxygen atoms in total. The number of ether oxygens (including phenoxy) is 1. The van der Waals surface area contributed by atoms with Crippen LogP contribution in [-0.4, -0.2) is 73.1 Å². The topological polar surface area (TPSA) is 36.0 Å². The van der Waals surface area contributed by atoms with Gasteiger partial charge in [-0.3, -0.25) is 14.6 Å². The fourth-order valence-electron chi connectivity index (χ4n) is 4.60. The van der Waals surface area contributed by atoms with Gasteiger partial charge in [0.15, 0.2) is 0 Å². The van der Waals surface area contributed by atoms with Gasteiger partial charge < -0.3 is 9.64 Å². The second-order valence-electron chi connectivity index (χ2n) is 8.90. The van der Waals surface area contributed by atoms with E-state index in [2.05, 4.69) is 21.9 Å². The molecule has 34 heavy (non-hydrogen) atoms. The van der Waals surface area contributed by atoms with Crippen LogP contribution in [-0.2, 0) is 17.8 Å². The summed E-state index contributed by atoms with van der Waals surface area (Å²) in [5, 5.41) is 0. The van der Waals surface area contributed by atoms with Crippen molar-refractivity contribution in [3.8, 4) is 10.4 Å². The highest BCUT2D eigenvalue weighted by atomic mass is 32.1. The molecule has 2 saturated heterocycles. The Bertz CT molecular complexity index is 1120. The van der Waals surface area contributed by atoms with Crippen molar-refractivity contribution >= 4 is 17.2 Å². The molecule has 0 saturated carbocycles. The van der Waals surface area contributed by atoms with E-state index in [0.717, 1.165) is 76.0 Å². The van der Waals surface area contributed by atoms with E-state index in [1.807, 2.05) is 41.3 Å². The van der Waals surface area contributed by atoms with E-state index in [-0.39, 0.29) is 11.7 Å². The molecule has 5 rings (SSSR count). The van der Waals surface area contributed by atoms with E-state index in [4.69, 9.17) is 4.74 Å². The molecule has 2 fully saturated rings. The molecule has 3 aromatic rings. The fourth-order valence-corrected chi connectivity index (χ4v) is 5.68. The molecule has 0 atom stereocenters. The molecular formula is C27H30FN3O2S. The molecule has 1 aromatic heterocycles. The summed E-state index contributed by atoms with van der Waals surface area (Å²) in [6.45, 7) is 8.23. The second kappa shape index (κ2) is 10.8. The molecule has 0 radical (unpaired) electrons. The van der Waals surface area contributed by atoms with Crippen LogP contribution in [0, 0.1) is 5.82 Å². The Balaban J connectivity index is 1.15. The van der Waals surface area contributed by atoms with Crippen molar-refractivity contribution in [3.05, 3.63) is 82.5 Å². The number of morpholine rings is 1. The Morgan fingerprint density at radius 2 is 1.62 bits per heavy atom. The van der Waals surface area contributed by atoms with Gasteiger partial charge in [0.05, 0.1) is 13.2 Å². The van der Waals surface area contributed by atoms with Crippen molar-refractivity contribution in [1.82, 2.24) is 14.7 Å². The summed E-state index contributed by atoms with van der Waals surface area (Å²) < 4.78 is 19.5. The number of hydrogen-bond acceptors (Lipinski definition) is 5. The van der Waals surface area contributed by atoms with Gasteiger partial charge in [-0.25, -0.2) is 4.39 Å². The zero-order valence-corrected chi connectivity index (χ0v) is 20.1. The van der Waals surface area contributed by atoms with Gasteiger partial charge in [-0.2, -0.15) is 0 Å². The number of piperazine rings is 1. The minimum atomic E-state index is -0.183. The minimum Gasteiger partial charge on any atom is -0.379 e. The third-order valence-corrected chi connectivity index (χ3v) is 7.63. The molecule has 0 aliphatic carbocycles. The van der Waals surface area contributed by atoms with Crippen LogP contribution >= 0.6 is 11.3 Å². The van der Waals surface area contributed by atoms with Crippen molar-refractivity contribution in [1.29, 1.82) is 0 Å². The number of nitrogens with zero attached hydrogens (tertiary/aromatic N) is 3. The molecule has 7 heteroatoms. The monoisotopic (exact) mass is 479 g/mol. The first-order chi connectivity index (χ1) is 16.7. The largest absolute Gasteiger partial charge is 0.379 e. The van der Waals surface area contributed by atoms with Crippen LogP contribution in [0.4, 0.5) is 4.39 Å². The van der Waals surface area contributed by atoms with Crippen LogP contribution < -0.4 is 0 Å². The highest BCUT2D eigenvalue weighted by Crippen LogP contribution is 2.30. The van der Waals surface area contributed by atoms with Crippen LogP contribution in [0.2, 0.25) is 0 Å². The van der Waals surface area contributed by atoms with Gasteiger partial charge in [-0.1, -0.05) is 30.3 Å². The number of thiophene rings is 1. The first kappa shape index (κ1) is 23.2. The standard InChI is InChI=1S/C27H30FN3O2S/c28-25-7-2-1-6-24(25)26-9-8-23(34-26)20-29-10-12-31(13-11-29)27(32)22-5-3-4-21(18-22)19-30-14-16-33-17-15-30/h1-9,18H,10-17,19-20H2. The van der Waals surface area contributed by atoms with Crippen LogP contribution in [0.25, 0.3) is 10.4 Å². The van der Waals surface area contributed by atoms with E-state index >= 15 is 0 Å². The average molecular weight is 480 g/mol. The molecule has 0 spiro atoms.